The van der Waals surface area contributed by atoms with Crippen LogP contribution >= 0.6 is 0 Å². The number of rotatable bonds is 6. The van der Waals surface area contributed by atoms with Crippen LogP contribution in [0.2, 0.25) is 0 Å². The molecule has 1 N–H and O–H groups in total. The van der Waals surface area contributed by atoms with Gasteiger partial charge in [-0.2, -0.15) is 0 Å². The van der Waals surface area contributed by atoms with Gasteiger partial charge in [0.25, 0.3) is 0 Å². The summed E-state index contributed by atoms with van der Waals surface area (Å²) in [6.45, 7) is 5.89. The van der Waals surface area contributed by atoms with Gasteiger partial charge in [-0.15, -0.1) is 0 Å². The fraction of sp³-hybridized carbons (Fsp3) is 1.00. The second-order valence-corrected chi connectivity index (χ2v) is 5.35. The van der Waals surface area contributed by atoms with Gasteiger partial charge in [0.2, 0.25) is 0 Å². The van der Waals surface area contributed by atoms with Crippen molar-refractivity contribution in [3.8, 4) is 0 Å². The van der Waals surface area contributed by atoms with Gasteiger partial charge in [0.15, 0.2) is 0 Å². The molecule has 0 radical (unpaired) electrons. The minimum absolute atomic E-state index is 0.755. The van der Waals surface area contributed by atoms with Gasteiger partial charge in [-0.3, -0.25) is 0 Å². The van der Waals surface area contributed by atoms with Gasteiger partial charge in [0.05, 0.1) is 0 Å². The fourth-order valence-corrected chi connectivity index (χ4v) is 3.24. The van der Waals surface area contributed by atoms with E-state index in [9.17, 15) is 0 Å². The summed E-state index contributed by atoms with van der Waals surface area (Å²) in [5.74, 6) is 0.865. The van der Waals surface area contributed by atoms with Crippen molar-refractivity contribution in [1.82, 2.24) is 10.2 Å². The molecule has 2 atom stereocenters. The molecule has 1 rings (SSSR count). The predicted octanol–water partition coefficient (Wildman–Crippen LogP) is 2.89. The van der Waals surface area contributed by atoms with Crippen LogP contribution in [0.25, 0.3) is 0 Å². The Kier molecular flexibility index (Phi) is 6.37. The predicted molar refractivity (Wildman–Crippen MR) is 71.8 cm³/mol. The standard InChI is InChI=1S/C14H30N2/c1-5-13(6-2)16(4)11-12-9-7-8-10-14(12)15-3/h12-15H,5-11H2,1-4H3. The van der Waals surface area contributed by atoms with Crippen molar-refractivity contribution in [3.05, 3.63) is 0 Å². The van der Waals surface area contributed by atoms with Gasteiger partial charge in [0, 0.05) is 18.6 Å². The van der Waals surface area contributed by atoms with Crippen LogP contribution in [0.4, 0.5) is 0 Å². The molecule has 0 aromatic rings. The molecule has 1 saturated carbocycles. The fourth-order valence-electron chi connectivity index (χ4n) is 3.24. The number of nitrogens with zero attached hydrogens (tertiary/aromatic N) is 1. The lowest BCUT2D eigenvalue weighted by Crippen LogP contribution is -2.44. The van der Waals surface area contributed by atoms with Crippen molar-refractivity contribution >= 4 is 0 Å². The van der Waals surface area contributed by atoms with Crippen LogP contribution < -0.4 is 5.32 Å². The van der Waals surface area contributed by atoms with E-state index in [-0.39, 0.29) is 0 Å². The second-order valence-electron chi connectivity index (χ2n) is 5.35. The van der Waals surface area contributed by atoms with Gasteiger partial charge in [-0.05, 0) is 45.7 Å². The molecule has 1 aliphatic carbocycles. The Labute approximate surface area is 102 Å². The molecule has 1 fully saturated rings. The summed E-state index contributed by atoms with van der Waals surface area (Å²) in [4.78, 5) is 2.58. The monoisotopic (exact) mass is 226 g/mol. The molecule has 2 heteroatoms. The molecule has 96 valence electrons. The van der Waals surface area contributed by atoms with Crippen LogP contribution in [-0.4, -0.2) is 37.6 Å². The van der Waals surface area contributed by atoms with Gasteiger partial charge in [-0.1, -0.05) is 26.7 Å². The van der Waals surface area contributed by atoms with Gasteiger partial charge in [0.1, 0.15) is 0 Å². The van der Waals surface area contributed by atoms with E-state index in [0.717, 1.165) is 18.0 Å². The van der Waals surface area contributed by atoms with E-state index in [4.69, 9.17) is 0 Å². The number of hydrogen-bond acceptors (Lipinski definition) is 2. The Morgan fingerprint density at radius 3 is 2.38 bits per heavy atom. The van der Waals surface area contributed by atoms with Crippen LogP contribution in [0, 0.1) is 5.92 Å². The minimum Gasteiger partial charge on any atom is -0.317 e. The SMILES string of the molecule is CCC(CC)N(C)CC1CCCCC1NC. The maximum Gasteiger partial charge on any atom is 0.0104 e. The first-order chi connectivity index (χ1) is 7.72. The summed E-state index contributed by atoms with van der Waals surface area (Å²) in [5.41, 5.74) is 0. The molecule has 0 bridgehead atoms. The summed E-state index contributed by atoms with van der Waals surface area (Å²) in [6.07, 6.45) is 8.19. The summed E-state index contributed by atoms with van der Waals surface area (Å²) >= 11 is 0. The molecular weight excluding hydrogens is 196 g/mol. The zero-order valence-corrected chi connectivity index (χ0v) is 11.6. The Morgan fingerprint density at radius 1 is 1.19 bits per heavy atom. The van der Waals surface area contributed by atoms with E-state index < -0.39 is 0 Å². The topological polar surface area (TPSA) is 15.3 Å². The van der Waals surface area contributed by atoms with E-state index >= 15 is 0 Å². The second kappa shape index (κ2) is 7.29. The van der Waals surface area contributed by atoms with Crippen molar-refractivity contribution in [3.63, 3.8) is 0 Å². The summed E-state index contributed by atoms with van der Waals surface area (Å²) in [7, 11) is 4.43. The van der Waals surface area contributed by atoms with Crippen LogP contribution in [0.15, 0.2) is 0 Å². The van der Waals surface area contributed by atoms with E-state index in [1.807, 2.05) is 0 Å². The lowest BCUT2D eigenvalue weighted by Gasteiger charge is -2.36. The molecule has 0 aliphatic heterocycles. The Balaban J connectivity index is 2.43. The van der Waals surface area contributed by atoms with Gasteiger partial charge >= 0.3 is 0 Å². The molecule has 2 nitrogen and oxygen atoms in total. The molecule has 0 amide bonds. The first-order valence-corrected chi connectivity index (χ1v) is 7.10. The average molecular weight is 226 g/mol. The molecule has 0 heterocycles. The lowest BCUT2D eigenvalue weighted by molar-refractivity contribution is 0.152. The van der Waals surface area contributed by atoms with Gasteiger partial charge in [-0.25, -0.2) is 0 Å². The van der Waals surface area contributed by atoms with E-state index in [1.165, 1.54) is 45.1 Å². The maximum atomic E-state index is 3.51. The Hall–Kier alpha value is -0.0800. The van der Waals surface area contributed by atoms with Crippen LogP contribution in [0.3, 0.4) is 0 Å². The van der Waals surface area contributed by atoms with Crippen LogP contribution in [0.5, 0.6) is 0 Å². The van der Waals surface area contributed by atoms with Crippen LogP contribution in [-0.2, 0) is 0 Å². The molecular formula is C14H30N2. The van der Waals surface area contributed by atoms with Crippen molar-refractivity contribution in [2.45, 2.75) is 64.5 Å². The highest BCUT2D eigenvalue weighted by Crippen LogP contribution is 2.25. The smallest absolute Gasteiger partial charge is 0.0104 e. The third kappa shape index (κ3) is 3.74. The molecule has 1 aliphatic rings. The van der Waals surface area contributed by atoms with E-state index in [1.54, 1.807) is 0 Å². The van der Waals surface area contributed by atoms with Crippen molar-refractivity contribution in [1.29, 1.82) is 0 Å². The van der Waals surface area contributed by atoms with Crippen molar-refractivity contribution in [2.24, 2.45) is 5.92 Å². The third-order valence-electron chi connectivity index (χ3n) is 4.37. The highest BCUT2D eigenvalue weighted by molar-refractivity contribution is 4.82. The normalized spacial score (nSPS) is 26.6. The average Bonchev–Trinajstić information content (AvgIpc) is 2.31. The Bertz CT molecular complexity index is 178. The highest BCUT2D eigenvalue weighted by Gasteiger charge is 2.25. The number of nitrogens with one attached hydrogen (secondary N) is 1. The number of hydrogen-bond donors (Lipinski definition) is 1. The van der Waals surface area contributed by atoms with E-state index in [2.05, 4.69) is 38.2 Å². The van der Waals surface area contributed by atoms with Crippen molar-refractivity contribution in [2.75, 3.05) is 20.6 Å². The zero-order valence-electron chi connectivity index (χ0n) is 11.6. The molecule has 0 spiro atoms. The summed E-state index contributed by atoms with van der Waals surface area (Å²) in [6, 6.07) is 1.53. The lowest BCUT2D eigenvalue weighted by atomic mass is 9.84. The zero-order chi connectivity index (χ0) is 12.0. The van der Waals surface area contributed by atoms with Crippen molar-refractivity contribution < 1.29 is 0 Å². The van der Waals surface area contributed by atoms with Gasteiger partial charge < -0.3 is 10.2 Å². The third-order valence-corrected chi connectivity index (χ3v) is 4.37. The maximum absolute atomic E-state index is 3.51. The first-order valence-electron chi connectivity index (χ1n) is 7.10. The largest absolute Gasteiger partial charge is 0.317 e. The molecule has 0 aromatic heterocycles. The molecule has 0 aromatic carbocycles. The summed E-state index contributed by atoms with van der Waals surface area (Å²) in [5, 5.41) is 3.51. The molecule has 2 unspecified atom stereocenters. The first kappa shape index (κ1) is 14.0. The summed E-state index contributed by atoms with van der Waals surface area (Å²) < 4.78 is 0. The van der Waals surface area contributed by atoms with E-state index in [0.29, 0.717) is 0 Å². The molecule has 16 heavy (non-hydrogen) atoms. The minimum atomic E-state index is 0.755. The molecule has 0 saturated heterocycles. The quantitative estimate of drug-likeness (QED) is 0.749. The Morgan fingerprint density at radius 2 is 1.81 bits per heavy atom. The highest BCUT2D eigenvalue weighted by atomic mass is 15.1. The van der Waals surface area contributed by atoms with Crippen LogP contribution in [0.1, 0.15) is 52.4 Å².